The summed E-state index contributed by atoms with van der Waals surface area (Å²) in [5.41, 5.74) is 0.657. The fourth-order valence-corrected chi connectivity index (χ4v) is 5.35. The lowest BCUT2D eigenvalue weighted by atomic mass is 9.89. The zero-order valence-electron chi connectivity index (χ0n) is 22.9. The minimum atomic E-state index is -1.27. The topological polar surface area (TPSA) is 146 Å². The molecule has 4 N–H and O–H groups in total. The van der Waals surface area contributed by atoms with E-state index < -0.39 is 47.3 Å². The van der Waals surface area contributed by atoms with Gasteiger partial charge in [0.15, 0.2) is 0 Å². The first-order valence-corrected chi connectivity index (χ1v) is 14.2. The first-order chi connectivity index (χ1) is 19.8. The van der Waals surface area contributed by atoms with Crippen LogP contribution >= 0.6 is 0 Å². The molecule has 4 amide bonds. The molecule has 0 radical (unpaired) electrons. The van der Waals surface area contributed by atoms with Crippen LogP contribution in [0.1, 0.15) is 67.3 Å². The minimum absolute atomic E-state index is 0.0473. The third-order valence-electron chi connectivity index (χ3n) is 7.59. The predicted molar refractivity (Wildman–Crippen MR) is 148 cm³/mol. The Kier molecular flexibility index (Phi) is 10.5. The zero-order valence-corrected chi connectivity index (χ0v) is 22.9. The molecule has 1 aromatic carbocycles. The maximum Gasteiger partial charge on any atom is 0.289 e. The standard InChI is InChI=1S/C30H36FN5O5/c31-22-15-21(17-32-18-22)28(39)36-25(14-19-8-3-1-4-9-19)29(40)35-24(16-20-10-7-13-33-27(20)38)26(37)30(41)34-23-11-5-2-6-12-23/h1,3-4,8-9,15,17-18,20,23-25H,2,5-7,10-14,16H2,(H,33,38)(H,34,41)(H,35,40)(H,36,39)/t20-,24-,25-/m0/s1. The monoisotopic (exact) mass is 565 g/mol. The predicted octanol–water partition coefficient (Wildman–Crippen LogP) is 1.98. The summed E-state index contributed by atoms with van der Waals surface area (Å²) in [6.45, 7) is 0.530. The zero-order chi connectivity index (χ0) is 29.2. The van der Waals surface area contributed by atoms with E-state index in [0.29, 0.717) is 19.4 Å². The number of ketones is 1. The molecule has 3 atom stereocenters. The van der Waals surface area contributed by atoms with E-state index in [-0.39, 0.29) is 30.4 Å². The van der Waals surface area contributed by atoms with Gasteiger partial charge in [-0.25, -0.2) is 4.39 Å². The Balaban J connectivity index is 1.53. The van der Waals surface area contributed by atoms with Gasteiger partial charge < -0.3 is 21.3 Å². The molecule has 4 rings (SSSR count). The third kappa shape index (κ3) is 8.67. The van der Waals surface area contributed by atoms with Gasteiger partial charge >= 0.3 is 0 Å². The Morgan fingerprint density at radius 3 is 2.41 bits per heavy atom. The molecule has 1 aliphatic carbocycles. The molecule has 2 fully saturated rings. The second-order valence-corrected chi connectivity index (χ2v) is 10.7. The van der Waals surface area contributed by atoms with Crippen LogP contribution in [0.3, 0.4) is 0 Å². The molecular formula is C30H36FN5O5. The summed E-state index contributed by atoms with van der Waals surface area (Å²) >= 11 is 0. The van der Waals surface area contributed by atoms with E-state index in [4.69, 9.17) is 0 Å². The number of piperidine rings is 1. The number of aromatic nitrogens is 1. The lowest BCUT2D eigenvalue weighted by molar-refractivity contribution is -0.141. The molecule has 2 heterocycles. The van der Waals surface area contributed by atoms with E-state index in [9.17, 15) is 28.4 Å². The number of rotatable bonds is 11. The van der Waals surface area contributed by atoms with Gasteiger partial charge in [-0.1, -0.05) is 49.6 Å². The summed E-state index contributed by atoms with van der Waals surface area (Å²) in [5.74, 6) is -4.55. The van der Waals surface area contributed by atoms with Crippen molar-refractivity contribution in [3.05, 3.63) is 65.7 Å². The number of halogens is 1. The molecule has 2 aromatic rings. The van der Waals surface area contributed by atoms with Crippen LogP contribution in [0.4, 0.5) is 4.39 Å². The van der Waals surface area contributed by atoms with Crippen LogP contribution in [-0.2, 0) is 25.6 Å². The highest BCUT2D eigenvalue weighted by Gasteiger charge is 2.35. The molecule has 2 aliphatic rings. The van der Waals surface area contributed by atoms with Crippen LogP contribution in [-0.4, -0.2) is 59.1 Å². The van der Waals surface area contributed by atoms with Crippen molar-refractivity contribution in [2.24, 2.45) is 5.92 Å². The van der Waals surface area contributed by atoms with Crippen molar-refractivity contribution < 1.29 is 28.4 Å². The Morgan fingerprint density at radius 2 is 1.71 bits per heavy atom. The van der Waals surface area contributed by atoms with Crippen LogP contribution in [0, 0.1) is 11.7 Å². The van der Waals surface area contributed by atoms with Crippen molar-refractivity contribution in [3.8, 4) is 0 Å². The van der Waals surface area contributed by atoms with Crippen molar-refractivity contribution in [2.45, 2.75) is 75.9 Å². The van der Waals surface area contributed by atoms with E-state index in [1.54, 1.807) is 24.3 Å². The van der Waals surface area contributed by atoms with Gasteiger partial charge in [0.2, 0.25) is 17.6 Å². The summed E-state index contributed by atoms with van der Waals surface area (Å²) in [5, 5.41) is 10.8. The van der Waals surface area contributed by atoms with Crippen LogP contribution in [0.15, 0.2) is 48.8 Å². The van der Waals surface area contributed by atoms with Crippen molar-refractivity contribution in [1.29, 1.82) is 0 Å². The largest absolute Gasteiger partial charge is 0.356 e. The van der Waals surface area contributed by atoms with Crippen molar-refractivity contribution in [3.63, 3.8) is 0 Å². The minimum Gasteiger partial charge on any atom is -0.356 e. The number of hydrogen-bond acceptors (Lipinski definition) is 6. The second kappa shape index (κ2) is 14.5. The van der Waals surface area contributed by atoms with Crippen LogP contribution in [0.5, 0.6) is 0 Å². The average molecular weight is 566 g/mol. The number of carbonyl (C=O) groups excluding carboxylic acids is 5. The van der Waals surface area contributed by atoms with Crippen LogP contribution < -0.4 is 21.3 Å². The molecule has 10 nitrogen and oxygen atoms in total. The summed E-state index contributed by atoms with van der Waals surface area (Å²) in [4.78, 5) is 69.1. The molecule has 1 aromatic heterocycles. The summed E-state index contributed by atoms with van der Waals surface area (Å²) in [6, 6.07) is 7.40. The molecule has 41 heavy (non-hydrogen) atoms. The van der Waals surface area contributed by atoms with Crippen molar-refractivity contribution >= 4 is 29.4 Å². The number of nitrogens with one attached hydrogen (secondary N) is 4. The number of nitrogens with zero attached hydrogens (tertiary/aromatic N) is 1. The Hall–Kier alpha value is -4.15. The normalized spacial score (nSPS) is 18.9. The first-order valence-electron chi connectivity index (χ1n) is 14.2. The van der Waals surface area contributed by atoms with E-state index >= 15 is 0 Å². The number of Topliss-reactive ketones (excluding diaryl/α,β-unsaturated/α-hetero) is 1. The molecule has 0 bridgehead atoms. The highest BCUT2D eigenvalue weighted by Crippen LogP contribution is 2.20. The first kappa shape index (κ1) is 29.8. The van der Waals surface area contributed by atoms with Gasteiger partial charge in [-0.3, -0.25) is 29.0 Å². The average Bonchev–Trinajstić information content (AvgIpc) is 2.98. The summed E-state index contributed by atoms with van der Waals surface area (Å²) < 4.78 is 13.7. The fourth-order valence-electron chi connectivity index (χ4n) is 5.35. The number of benzene rings is 1. The van der Waals surface area contributed by atoms with Crippen LogP contribution in [0.25, 0.3) is 0 Å². The van der Waals surface area contributed by atoms with Gasteiger partial charge in [-0.15, -0.1) is 0 Å². The van der Waals surface area contributed by atoms with Gasteiger partial charge in [0.1, 0.15) is 11.9 Å². The van der Waals surface area contributed by atoms with Crippen molar-refractivity contribution in [1.82, 2.24) is 26.3 Å². The SMILES string of the molecule is O=C(NC1CCCCC1)C(=O)[C@H](C[C@@H]1CCCNC1=O)NC(=O)[C@H](Cc1ccccc1)NC(=O)c1cncc(F)c1. The van der Waals surface area contributed by atoms with Gasteiger partial charge in [0, 0.05) is 31.1 Å². The van der Waals surface area contributed by atoms with Crippen molar-refractivity contribution in [2.75, 3.05) is 6.54 Å². The summed E-state index contributed by atoms with van der Waals surface area (Å²) in [7, 11) is 0. The fraction of sp³-hybridized carbons (Fsp3) is 0.467. The second-order valence-electron chi connectivity index (χ2n) is 10.7. The molecule has 0 unspecified atom stereocenters. The summed E-state index contributed by atoms with van der Waals surface area (Å²) in [6.07, 6.45) is 7.96. The Morgan fingerprint density at radius 1 is 0.951 bits per heavy atom. The van der Waals surface area contributed by atoms with E-state index in [2.05, 4.69) is 26.3 Å². The Labute approximate surface area is 238 Å². The highest BCUT2D eigenvalue weighted by molar-refractivity contribution is 6.38. The third-order valence-corrected chi connectivity index (χ3v) is 7.59. The van der Waals surface area contributed by atoms with Gasteiger partial charge in [0.05, 0.1) is 17.8 Å². The number of pyridine rings is 1. The molecule has 218 valence electrons. The molecule has 1 aliphatic heterocycles. The van der Waals surface area contributed by atoms with E-state index in [1.807, 2.05) is 6.07 Å². The van der Waals surface area contributed by atoms with Crippen LogP contribution in [0.2, 0.25) is 0 Å². The van der Waals surface area contributed by atoms with Gasteiger partial charge in [-0.05, 0) is 43.7 Å². The molecule has 1 saturated heterocycles. The quantitative estimate of drug-likeness (QED) is 0.307. The maximum atomic E-state index is 13.7. The number of hydrogen-bond donors (Lipinski definition) is 4. The lowest BCUT2D eigenvalue weighted by Gasteiger charge is -2.28. The Bertz CT molecular complexity index is 1250. The molecule has 11 heteroatoms. The van der Waals surface area contributed by atoms with E-state index in [0.717, 1.165) is 49.9 Å². The lowest BCUT2D eigenvalue weighted by Crippen LogP contribution is -2.56. The molecule has 0 spiro atoms. The van der Waals surface area contributed by atoms with E-state index in [1.165, 1.54) is 6.20 Å². The molecule has 1 saturated carbocycles. The number of carbonyl (C=O) groups is 5. The van der Waals surface area contributed by atoms with Gasteiger partial charge in [-0.2, -0.15) is 0 Å². The van der Waals surface area contributed by atoms with Gasteiger partial charge in [0.25, 0.3) is 11.8 Å². The highest BCUT2D eigenvalue weighted by atomic mass is 19.1. The maximum absolute atomic E-state index is 13.7. The molecular weight excluding hydrogens is 529 g/mol. The smallest absolute Gasteiger partial charge is 0.289 e. The number of amides is 4.